The molecule has 0 radical (unpaired) electrons. The Bertz CT molecular complexity index is 533. The van der Waals surface area contributed by atoms with Crippen LogP contribution in [0.3, 0.4) is 0 Å². The molecule has 1 atom stereocenters. The number of benzene rings is 2. The highest BCUT2D eigenvalue weighted by Crippen LogP contribution is 2.19. The lowest BCUT2D eigenvalue weighted by Gasteiger charge is -2.15. The van der Waals surface area contributed by atoms with Crippen LogP contribution in [0.2, 0.25) is 0 Å². The van der Waals surface area contributed by atoms with Gasteiger partial charge in [-0.05, 0) is 36.1 Å². The molecule has 2 rings (SSSR count). The first-order valence-electron chi connectivity index (χ1n) is 7.23. The zero-order chi connectivity index (χ0) is 14.4. The van der Waals surface area contributed by atoms with Gasteiger partial charge in [-0.15, -0.1) is 0 Å². The number of hydrogen-bond donors (Lipinski definition) is 1. The van der Waals surface area contributed by atoms with Gasteiger partial charge in [0.25, 0.3) is 0 Å². The molecule has 2 aromatic rings. The zero-order valence-electron chi connectivity index (χ0n) is 12.3. The lowest BCUT2D eigenvalue weighted by molar-refractivity contribution is 0.289. The van der Waals surface area contributed by atoms with Gasteiger partial charge in [0, 0.05) is 0 Å². The highest BCUT2D eigenvalue weighted by Gasteiger charge is 2.07. The van der Waals surface area contributed by atoms with Gasteiger partial charge in [0.2, 0.25) is 0 Å². The minimum absolute atomic E-state index is 0.0923. The minimum atomic E-state index is -0.0923. The summed E-state index contributed by atoms with van der Waals surface area (Å²) in [4.78, 5) is 0. The third-order valence-electron chi connectivity index (χ3n) is 3.46. The van der Waals surface area contributed by atoms with Crippen molar-refractivity contribution in [2.75, 3.05) is 6.61 Å². The molecule has 0 aliphatic rings. The van der Waals surface area contributed by atoms with E-state index in [1.54, 1.807) is 0 Å². The Labute approximate surface area is 121 Å². The van der Waals surface area contributed by atoms with E-state index < -0.39 is 0 Å². The van der Waals surface area contributed by atoms with Crippen LogP contribution in [0.25, 0.3) is 0 Å². The molecule has 0 aliphatic carbocycles. The topological polar surface area (TPSA) is 35.2 Å². The molecule has 2 nitrogen and oxygen atoms in total. The Morgan fingerprint density at radius 2 is 1.75 bits per heavy atom. The molecule has 0 saturated carbocycles. The predicted octanol–water partition coefficient (Wildman–Crippen LogP) is 4.03. The largest absolute Gasteiger partial charge is 0.491 e. The fourth-order valence-corrected chi connectivity index (χ4v) is 2.21. The molecule has 1 unspecified atom stereocenters. The summed E-state index contributed by atoms with van der Waals surface area (Å²) in [7, 11) is 0. The summed E-state index contributed by atoms with van der Waals surface area (Å²) in [6, 6.07) is 16.5. The molecular formula is C18H23NO. The van der Waals surface area contributed by atoms with Crippen LogP contribution in [0.1, 0.15) is 36.1 Å². The lowest BCUT2D eigenvalue weighted by Crippen LogP contribution is -2.19. The second kappa shape index (κ2) is 7.11. The number of hydrogen-bond acceptors (Lipinski definition) is 2. The van der Waals surface area contributed by atoms with Crippen LogP contribution in [0, 0.1) is 6.92 Å². The van der Waals surface area contributed by atoms with Gasteiger partial charge in [0.05, 0.1) is 6.04 Å². The molecule has 2 N–H and O–H groups in total. The summed E-state index contributed by atoms with van der Waals surface area (Å²) in [6.07, 6.45) is 2.29. The van der Waals surface area contributed by atoms with E-state index in [9.17, 15) is 0 Å². The van der Waals surface area contributed by atoms with Crippen LogP contribution in [0.5, 0.6) is 5.75 Å². The average Bonchev–Trinajstić information content (AvgIpc) is 2.47. The number of rotatable bonds is 6. The van der Waals surface area contributed by atoms with Crippen LogP contribution >= 0.6 is 0 Å². The number of ether oxygens (including phenoxy) is 1. The van der Waals surface area contributed by atoms with Gasteiger partial charge in [0.1, 0.15) is 12.4 Å². The quantitative estimate of drug-likeness (QED) is 0.859. The smallest absolute Gasteiger partial charge is 0.122 e. The van der Waals surface area contributed by atoms with Gasteiger partial charge >= 0.3 is 0 Å². The molecule has 0 bridgehead atoms. The van der Waals surface area contributed by atoms with Crippen LogP contribution in [0.15, 0.2) is 48.5 Å². The van der Waals surface area contributed by atoms with Crippen LogP contribution in [-0.4, -0.2) is 6.61 Å². The van der Waals surface area contributed by atoms with E-state index >= 15 is 0 Å². The summed E-state index contributed by atoms with van der Waals surface area (Å²) in [5, 5.41) is 0. The van der Waals surface area contributed by atoms with Crippen LogP contribution < -0.4 is 10.5 Å². The van der Waals surface area contributed by atoms with E-state index in [-0.39, 0.29) is 6.04 Å². The highest BCUT2D eigenvalue weighted by atomic mass is 16.5. The molecule has 0 heterocycles. The van der Waals surface area contributed by atoms with Gasteiger partial charge in [-0.3, -0.25) is 0 Å². The predicted molar refractivity (Wildman–Crippen MR) is 84.0 cm³/mol. The maximum Gasteiger partial charge on any atom is 0.122 e. The fourth-order valence-electron chi connectivity index (χ4n) is 2.21. The van der Waals surface area contributed by atoms with E-state index in [2.05, 4.69) is 31.2 Å². The van der Waals surface area contributed by atoms with Crippen molar-refractivity contribution >= 4 is 0 Å². The number of aryl methyl sites for hydroxylation is 2. The second-order valence-corrected chi connectivity index (χ2v) is 5.17. The first kappa shape index (κ1) is 14.6. The molecule has 0 saturated heterocycles. The van der Waals surface area contributed by atoms with Crippen molar-refractivity contribution in [1.29, 1.82) is 0 Å². The summed E-state index contributed by atoms with van der Waals surface area (Å²) < 4.78 is 5.81. The van der Waals surface area contributed by atoms with Crippen molar-refractivity contribution in [3.63, 3.8) is 0 Å². The molecule has 20 heavy (non-hydrogen) atoms. The van der Waals surface area contributed by atoms with E-state index in [0.717, 1.165) is 23.3 Å². The average molecular weight is 269 g/mol. The third kappa shape index (κ3) is 3.84. The van der Waals surface area contributed by atoms with Crippen LogP contribution in [-0.2, 0) is 6.42 Å². The normalized spacial score (nSPS) is 12.2. The lowest BCUT2D eigenvalue weighted by atomic mass is 10.0. The Hall–Kier alpha value is -1.80. The summed E-state index contributed by atoms with van der Waals surface area (Å²) in [5.74, 6) is 0.908. The third-order valence-corrected chi connectivity index (χ3v) is 3.46. The summed E-state index contributed by atoms with van der Waals surface area (Å²) >= 11 is 0. The van der Waals surface area contributed by atoms with Crippen molar-refractivity contribution in [3.05, 3.63) is 65.2 Å². The van der Waals surface area contributed by atoms with E-state index in [4.69, 9.17) is 10.5 Å². The number of para-hydroxylation sites is 1. The second-order valence-electron chi connectivity index (χ2n) is 5.17. The first-order chi connectivity index (χ1) is 9.70. The molecule has 106 valence electrons. The molecule has 2 aromatic carbocycles. The Balaban J connectivity index is 1.94. The van der Waals surface area contributed by atoms with Crippen molar-refractivity contribution in [3.8, 4) is 5.75 Å². The van der Waals surface area contributed by atoms with E-state index in [0.29, 0.717) is 6.61 Å². The molecular weight excluding hydrogens is 246 g/mol. The fraction of sp³-hybridized carbons (Fsp3) is 0.333. The maximum atomic E-state index is 6.19. The molecule has 0 amide bonds. The van der Waals surface area contributed by atoms with Crippen molar-refractivity contribution < 1.29 is 4.74 Å². The standard InChI is InChI=1S/C18H23NO/c1-3-6-15-9-11-16(12-10-15)17(19)13-20-18-8-5-4-7-14(18)2/h4-5,7-12,17H,3,6,13,19H2,1-2H3. The van der Waals surface area contributed by atoms with E-state index in [1.165, 1.54) is 12.0 Å². The maximum absolute atomic E-state index is 6.19. The summed E-state index contributed by atoms with van der Waals surface area (Å²) in [6.45, 7) is 4.73. The SMILES string of the molecule is CCCc1ccc(C(N)COc2ccccc2C)cc1. The van der Waals surface area contributed by atoms with Gasteiger partial charge in [-0.25, -0.2) is 0 Å². The summed E-state index contributed by atoms with van der Waals surface area (Å²) in [5.41, 5.74) is 9.82. The highest BCUT2D eigenvalue weighted by molar-refractivity contribution is 5.32. The first-order valence-corrected chi connectivity index (χ1v) is 7.23. The van der Waals surface area contributed by atoms with Crippen molar-refractivity contribution in [1.82, 2.24) is 0 Å². The zero-order valence-corrected chi connectivity index (χ0v) is 12.3. The van der Waals surface area contributed by atoms with Gasteiger partial charge in [-0.2, -0.15) is 0 Å². The Morgan fingerprint density at radius 1 is 1.05 bits per heavy atom. The number of nitrogens with two attached hydrogens (primary N) is 1. The molecule has 0 aliphatic heterocycles. The monoisotopic (exact) mass is 269 g/mol. The van der Waals surface area contributed by atoms with Crippen LogP contribution in [0.4, 0.5) is 0 Å². The van der Waals surface area contributed by atoms with Crippen molar-refractivity contribution in [2.45, 2.75) is 32.7 Å². The Kier molecular flexibility index (Phi) is 5.19. The molecule has 0 spiro atoms. The van der Waals surface area contributed by atoms with Gasteiger partial charge in [0.15, 0.2) is 0 Å². The van der Waals surface area contributed by atoms with Gasteiger partial charge in [-0.1, -0.05) is 55.8 Å². The van der Waals surface area contributed by atoms with Crippen molar-refractivity contribution in [2.24, 2.45) is 5.73 Å². The minimum Gasteiger partial charge on any atom is -0.491 e. The molecule has 0 aromatic heterocycles. The van der Waals surface area contributed by atoms with Gasteiger partial charge < -0.3 is 10.5 Å². The Morgan fingerprint density at radius 3 is 2.40 bits per heavy atom. The van der Waals surface area contributed by atoms with E-state index in [1.807, 2.05) is 31.2 Å². The molecule has 0 fully saturated rings. The molecule has 2 heteroatoms.